The molecule has 1 aromatic heterocycles. The molecule has 0 aromatic carbocycles. The van der Waals surface area contributed by atoms with Crippen LogP contribution in [0, 0.1) is 5.92 Å². The summed E-state index contributed by atoms with van der Waals surface area (Å²) >= 11 is 0. The van der Waals surface area contributed by atoms with Crippen molar-refractivity contribution in [2.24, 2.45) is 11.7 Å². The quantitative estimate of drug-likeness (QED) is 0.894. The fraction of sp³-hybridized carbons (Fsp3) is 0.857. The van der Waals surface area contributed by atoms with Crippen LogP contribution in [0.4, 0.5) is 0 Å². The number of nitrogens with zero attached hydrogens (tertiary/aromatic N) is 2. The van der Waals surface area contributed by atoms with E-state index in [4.69, 9.17) is 10.3 Å². The zero-order valence-corrected chi connectivity index (χ0v) is 11.1. The molecule has 2 fully saturated rings. The first-order valence-corrected chi connectivity index (χ1v) is 7.35. The lowest BCUT2D eigenvalue weighted by molar-refractivity contribution is 0.346. The molecule has 1 aromatic rings. The third-order valence-electron chi connectivity index (χ3n) is 4.76. The van der Waals surface area contributed by atoms with Crippen LogP contribution >= 0.6 is 0 Å². The lowest BCUT2D eigenvalue weighted by atomic mass is 10.0. The van der Waals surface area contributed by atoms with Gasteiger partial charge in [-0.25, -0.2) is 0 Å². The lowest BCUT2D eigenvalue weighted by Gasteiger charge is -2.05. The molecule has 4 unspecified atom stereocenters. The third kappa shape index (κ3) is 2.30. The van der Waals surface area contributed by atoms with Gasteiger partial charge in [-0.3, -0.25) is 0 Å². The first kappa shape index (κ1) is 12.2. The molecule has 3 rings (SSSR count). The van der Waals surface area contributed by atoms with Gasteiger partial charge in [0.15, 0.2) is 5.82 Å². The largest absolute Gasteiger partial charge is 0.339 e. The molecule has 4 heteroatoms. The van der Waals surface area contributed by atoms with Crippen molar-refractivity contribution in [1.82, 2.24) is 10.1 Å². The summed E-state index contributed by atoms with van der Waals surface area (Å²) in [7, 11) is 0. The Bertz CT molecular complexity index is 403. The molecule has 2 aliphatic rings. The van der Waals surface area contributed by atoms with Crippen molar-refractivity contribution >= 4 is 0 Å². The van der Waals surface area contributed by atoms with E-state index < -0.39 is 0 Å². The van der Waals surface area contributed by atoms with Crippen LogP contribution in [0.3, 0.4) is 0 Å². The first-order chi connectivity index (χ1) is 8.76. The molecule has 1 heterocycles. The molecule has 0 amide bonds. The predicted octanol–water partition coefficient (Wildman–Crippen LogP) is 2.96. The van der Waals surface area contributed by atoms with Crippen molar-refractivity contribution in [3.63, 3.8) is 0 Å². The second kappa shape index (κ2) is 5.00. The monoisotopic (exact) mass is 249 g/mol. The highest BCUT2D eigenvalue weighted by atomic mass is 16.5. The minimum absolute atomic E-state index is 0.321. The summed E-state index contributed by atoms with van der Waals surface area (Å²) in [5, 5.41) is 4.21. The maximum absolute atomic E-state index is 5.94. The Balaban J connectivity index is 1.66. The summed E-state index contributed by atoms with van der Waals surface area (Å²) in [4.78, 5) is 4.64. The van der Waals surface area contributed by atoms with Gasteiger partial charge in [-0.05, 0) is 44.4 Å². The Morgan fingerprint density at radius 2 is 2.00 bits per heavy atom. The van der Waals surface area contributed by atoms with E-state index in [1.54, 1.807) is 0 Å². The van der Waals surface area contributed by atoms with Gasteiger partial charge in [-0.1, -0.05) is 18.5 Å². The highest BCUT2D eigenvalue weighted by Crippen LogP contribution is 2.39. The standard InChI is InChI=1S/C14H23N3O/c1-2-9-3-4-10(7-9)13-16-14(18-17-13)11-5-6-12(15)8-11/h9-12H,2-8,15H2,1H3. The Hall–Kier alpha value is -0.900. The van der Waals surface area contributed by atoms with Gasteiger partial charge >= 0.3 is 0 Å². The average molecular weight is 249 g/mol. The molecule has 0 bridgehead atoms. The Labute approximate surface area is 108 Å². The van der Waals surface area contributed by atoms with Gasteiger partial charge in [0.05, 0.1) is 0 Å². The van der Waals surface area contributed by atoms with E-state index in [1.807, 2.05) is 0 Å². The zero-order valence-electron chi connectivity index (χ0n) is 11.1. The van der Waals surface area contributed by atoms with Crippen LogP contribution in [-0.2, 0) is 0 Å². The molecule has 2 aliphatic carbocycles. The van der Waals surface area contributed by atoms with Crippen molar-refractivity contribution < 1.29 is 4.52 Å². The predicted molar refractivity (Wildman–Crippen MR) is 69.2 cm³/mol. The van der Waals surface area contributed by atoms with Gasteiger partial charge in [0, 0.05) is 17.9 Å². The number of rotatable bonds is 3. The fourth-order valence-corrected chi connectivity index (χ4v) is 3.50. The van der Waals surface area contributed by atoms with Gasteiger partial charge in [0.1, 0.15) is 0 Å². The summed E-state index contributed by atoms with van der Waals surface area (Å²) in [6.07, 6.45) is 8.25. The van der Waals surface area contributed by atoms with E-state index in [0.717, 1.165) is 36.9 Å². The van der Waals surface area contributed by atoms with E-state index in [-0.39, 0.29) is 0 Å². The summed E-state index contributed by atoms with van der Waals surface area (Å²) in [6.45, 7) is 2.27. The lowest BCUT2D eigenvalue weighted by Crippen LogP contribution is -2.14. The van der Waals surface area contributed by atoms with Crippen LogP contribution in [-0.4, -0.2) is 16.2 Å². The van der Waals surface area contributed by atoms with Crippen molar-refractivity contribution in [3.05, 3.63) is 11.7 Å². The molecule has 0 spiro atoms. The van der Waals surface area contributed by atoms with Gasteiger partial charge in [-0.2, -0.15) is 4.98 Å². The van der Waals surface area contributed by atoms with Crippen molar-refractivity contribution in [1.29, 1.82) is 0 Å². The number of nitrogens with two attached hydrogens (primary N) is 1. The Morgan fingerprint density at radius 1 is 1.17 bits per heavy atom. The molecule has 4 nitrogen and oxygen atoms in total. The molecule has 100 valence electrons. The van der Waals surface area contributed by atoms with Gasteiger partial charge in [0.25, 0.3) is 0 Å². The van der Waals surface area contributed by atoms with Crippen molar-refractivity contribution in [3.8, 4) is 0 Å². The molecule has 4 atom stereocenters. The van der Waals surface area contributed by atoms with Gasteiger partial charge < -0.3 is 10.3 Å². The Morgan fingerprint density at radius 3 is 2.67 bits per heavy atom. The highest BCUT2D eigenvalue weighted by Gasteiger charge is 2.31. The van der Waals surface area contributed by atoms with Gasteiger partial charge in [-0.15, -0.1) is 0 Å². The van der Waals surface area contributed by atoms with E-state index in [0.29, 0.717) is 17.9 Å². The number of hydrogen-bond donors (Lipinski definition) is 1. The maximum atomic E-state index is 5.94. The Kier molecular flexibility index (Phi) is 3.37. The van der Waals surface area contributed by atoms with Crippen LogP contribution in [0.2, 0.25) is 0 Å². The number of aromatic nitrogens is 2. The van der Waals surface area contributed by atoms with E-state index >= 15 is 0 Å². The average Bonchev–Trinajstić information content (AvgIpc) is 3.07. The molecular formula is C14H23N3O. The van der Waals surface area contributed by atoms with E-state index in [1.165, 1.54) is 25.7 Å². The van der Waals surface area contributed by atoms with Crippen LogP contribution in [0.25, 0.3) is 0 Å². The molecule has 2 saturated carbocycles. The number of hydrogen-bond acceptors (Lipinski definition) is 4. The fourth-order valence-electron chi connectivity index (χ4n) is 3.50. The molecule has 2 N–H and O–H groups in total. The molecule has 0 aliphatic heterocycles. The van der Waals surface area contributed by atoms with Crippen LogP contribution in [0.15, 0.2) is 4.52 Å². The summed E-state index contributed by atoms with van der Waals surface area (Å²) < 4.78 is 5.46. The molecule has 0 saturated heterocycles. The summed E-state index contributed by atoms with van der Waals surface area (Å²) in [5.74, 6) is 3.57. The summed E-state index contributed by atoms with van der Waals surface area (Å²) in [6, 6.07) is 0.321. The SMILES string of the molecule is CCC1CCC(c2noc(C3CCC(N)C3)n2)C1. The van der Waals surface area contributed by atoms with Crippen molar-refractivity contribution in [2.75, 3.05) is 0 Å². The topological polar surface area (TPSA) is 64.9 Å². The molecule has 0 radical (unpaired) electrons. The minimum Gasteiger partial charge on any atom is -0.339 e. The van der Waals surface area contributed by atoms with Gasteiger partial charge in [0.2, 0.25) is 5.89 Å². The van der Waals surface area contributed by atoms with E-state index in [2.05, 4.69) is 17.1 Å². The normalized spacial score (nSPS) is 36.3. The maximum Gasteiger partial charge on any atom is 0.229 e. The summed E-state index contributed by atoms with van der Waals surface area (Å²) in [5.41, 5.74) is 5.94. The van der Waals surface area contributed by atoms with Crippen LogP contribution < -0.4 is 5.73 Å². The molecular weight excluding hydrogens is 226 g/mol. The second-order valence-electron chi connectivity index (χ2n) is 6.05. The van der Waals surface area contributed by atoms with Crippen LogP contribution in [0.1, 0.15) is 75.4 Å². The van der Waals surface area contributed by atoms with E-state index in [9.17, 15) is 0 Å². The molecule has 18 heavy (non-hydrogen) atoms. The zero-order chi connectivity index (χ0) is 12.5. The first-order valence-electron chi connectivity index (χ1n) is 7.35. The van der Waals surface area contributed by atoms with Crippen molar-refractivity contribution in [2.45, 2.75) is 69.7 Å². The minimum atomic E-state index is 0.321. The third-order valence-corrected chi connectivity index (χ3v) is 4.76. The van der Waals surface area contributed by atoms with Crippen LogP contribution in [0.5, 0.6) is 0 Å². The second-order valence-corrected chi connectivity index (χ2v) is 6.05. The smallest absolute Gasteiger partial charge is 0.229 e. The highest BCUT2D eigenvalue weighted by molar-refractivity contribution is 5.04.